The number of halogens is 1. The van der Waals surface area contributed by atoms with Gasteiger partial charge in [-0.15, -0.1) is 0 Å². The zero-order valence-corrected chi connectivity index (χ0v) is 10.3. The largest absolute Gasteiger partial charge is 0.371 e. The van der Waals surface area contributed by atoms with Gasteiger partial charge in [0.05, 0.1) is 12.7 Å². The number of sulfone groups is 1. The molecule has 1 N–H and O–H groups in total. The highest BCUT2D eigenvalue weighted by Crippen LogP contribution is 2.23. The van der Waals surface area contributed by atoms with Gasteiger partial charge in [0.15, 0.2) is 9.84 Å². The van der Waals surface area contributed by atoms with Crippen LogP contribution in [-0.2, 0) is 14.6 Å². The average molecular weight is 259 g/mol. The van der Waals surface area contributed by atoms with E-state index in [1.54, 1.807) is 6.07 Å². The van der Waals surface area contributed by atoms with Crippen molar-refractivity contribution in [1.82, 2.24) is 5.32 Å². The molecule has 17 heavy (non-hydrogen) atoms. The van der Waals surface area contributed by atoms with E-state index in [1.807, 2.05) is 0 Å². The summed E-state index contributed by atoms with van der Waals surface area (Å²) in [5, 5.41) is 3.14. The third-order valence-electron chi connectivity index (χ3n) is 2.65. The lowest BCUT2D eigenvalue weighted by atomic mass is 10.1. The summed E-state index contributed by atoms with van der Waals surface area (Å²) < 4.78 is 41.7. The summed E-state index contributed by atoms with van der Waals surface area (Å²) in [6, 6.07) is 4.08. The number of nitrogens with one attached hydrogen (secondary N) is 1. The molecule has 6 heteroatoms. The Hall–Kier alpha value is -0.980. The Bertz CT molecular complexity index is 509. The van der Waals surface area contributed by atoms with Crippen molar-refractivity contribution < 1.29 is 17.5 Å². The minimum absolute atomic E-state index is 0.218. The van der Waals surface area contributed by atoms with E-state index in [2.05, 4.69) is 5.32 Å². The van der Waals surface area contributed by atoms with Crippen LogP contribution in [-0.4, -0.2) is 34.4 Å². The molecule has 0 amide bonds. The highest BCUT2D eigenvalue weighted by molar-refractivity contribution is 7.90. The van der Waals surface area contributed by atoms with Crippen LogP contribution in [0.4, 0.5) is 4.39 Å². The topological polar surface area (TPSA) is 55.4 Å². The Morgan fingerprint density at radius 3 is 2.82 bits per heavy atom. The number of hydrogen-bond donors (Lipinski definition) is 1. The second kappa shape index (κ2) is 4.72. The Morgan fingerprint density at radius 1 is 1.47 bits per heavy atom. The Labute approximate surface area is 99.7 Å². The van der Waals surface area contributed by atoms with Crippen LogP contribution in [0.3, 0.4) is 0 Å². The van der Waals surface area contributed by atoms with Gasteiger partial charge in [0.25, 0.3) is 0 Å². The summed E-state index contributed by atoms with van der Waals surface area (Å²) in [6.45, 7) is 1.95. The monoisotopic (exact) mass is 259 g/mol. The molecule has 4 nitrogen and oxygen atoms in total. The molecule has 1 aromatic rings. The SMILES string of the molecule is CS(=O)(=O)c1cc(C2CNCCO2)ccc1F. The third kappa shape index (κ3) is 2.83. The van der Waals surface area contributed by atoms with E-state index in [-0.39, 0.29) is 11.0 Å². The molecule has 0 bridgehead atoms. The van der Waals surface area contributed by atoms with Gasteiger partial charge in [-0.05, 0) is 17.7 Å². The van der Waals surface area contributed by atoms with Gasteiger partial charge in [-0.1, -0.05) is 6.07 Å². The van der Waals surface area contributed by atoms with Crippen LogP contribution in [0.2, 0.25) is 0 Å². The van der Waals surface area contributed by atoms with Crippen LogP contribution in [0.25, 0.3) is 0 Å². The van der Waals surface area contributed by atoms with Gasteiger partial charge in [-0.2, -0.15) is 0 Å². The highest BCUT2D eigenvalue weighted by Gasteiger charge is 2.20. The number of hydrogen-bond acceptors (Lipinski definition) is 4. The van der Waals surface area contributed by atoms with Crippen LogP contribution < -0.4 is 5.32 Å². The molecule has 1 saturated heterocycles. The Balaban J connectivity index is 2.37. The van der Waals surface area contributed by atoms with E-state index in [1.165, 1.54) is 12.1 Å². The van der Waals surface area contributed by atoms with Crippen LogP contribution in [0, 0.1) is 5.82 Å². The zero-order valence-electron chi connectivity index (χ0n) is 9.44. The first-order valence-corrected chi connectivity index (χ1v) is 7.19. The quantitative estimate of drug-likeness (QED) is 0.857. The molecule has 0 aromatic heterocycles. The van der Waals surface area contributed by atoms with E-state index in [0.717, 1.165) is 12.8 Å². The third-order valence-corrected chi connectivity index (χ3v) is 3.77. The summed E-state index contributed by atoms with van der Waals surface area (Å²) in [5.41, 5.74) is 0.680. The molecule has 1 aromatic carbocycles. The van der Waals surface area contributed by atoms with Gasteiger partial charge in [-0.25, -0.2) is 12.8 Å². The van der Waals surface area contributed by atoms with Crippen molar-refractivity contribution in [2.24, 2.45) is 0 Å². The minimum atomic E-state index is -3.55. The fourth-order valence-corrected chi connectivity index (χ4v) is 2.56. The molecule has 1 aliphatic heterocycles. The maximum atomic E-state index is 13.4. The van der Waals surface area contributed by atoms with E-state index >= 15 is 0 Å². The van der Waals surface area contributed by atoms with Crippen LogP contribution >= 0.6 is 0 Å². The molecule has 0 aliphatic carbocycles. The number of rotatable bonds is 2. The Kier molecular flexibility index (Phi) is 3.46. The molecule has 1 heterocycles. The van der Waals surface area contributed by atoms with Crippen LogP contribution in [0.1, 0.15) is 11.7 Å². The van der Waals surface area contributed by atoms with E-state index < -0.39 is 15.7 Å². The smallest absolute Gasteiger partial charge is 0.178 e. The molecule has 0 saturated carbocycles. The van der Waals surface area contributed by atoms with Gasteiger partial charge in [-0.3, -0.25) is 0 Å². The van der Waals surface area contributed by atoms with Gasteiger partial charge < -0.3 is 10.1 Å². The lowest BCUT2D eigenvalue weighted by Gasteiger charge is -2.24. The summed E-state index contributed by atoms with van der Waals surface area (Å²) in [7, 11) is -3.55. The van der Waals surface area contributed by atoms with Gasteiger partial charge in [0.1, 0.15) is 10.7 Å². The summed E-state index contributed by atoms with van der Waals surface area (Å²) in [5.74, 6) is -0.722. The second-order valence-corrected chi connectivity index (χ2v) is 6.01. The van der Waals surface area contributed by atoms with Crippen molar-refractivity contribution in [3.63, 3.8) is 0 Å². The molecule has 0 radical (unpaired) electrons. The predicted octanol–water partition coefficient (Wildman–Crippen LogP) is 0.890. The van der Waals surface area contributed by atoms with E-state index in [4.69, 9.17) is 4.74 Å². The second-order valence-electron chi connectivity index (χ2n) is 4.03. The summed E-state index contributed by atoms with van der Waals surface area (Å²) in [4.78, 5) is -0.274. The summed E-state index contributed by atoms with van der Waals surface area (Å²) >= 11 is 0. The van der Waals surface area contributed by atoms with Crippen molar-refractivity contribution in [3.8, 4) is 0 Å². The van der Waals surface area contributed by atoms with Crippen LogP contribution in [0.15, 0.2) is 23.1 Å². The Morgan fingerprint density at radius 2 is 2.24 bits per heavy atom. The van der Waals surface area contributed by atoms with E-state index in [9.17, 15) is 12.8 Å². The summed E-state index contributed by atoms with van der Waals surface area (Å²) in [6.07, 6.45) is 0.777. The maximum absolute atomic E-state index is 13.4. The van der Waals surface area contributed by atoms with E-state index in [0.29, 0.717) is 18.7 Å². The average Bonchev–Trinajstić information content (AvgIpc) is 2.29. The molecule has 1 unspecified atom stereocenters. The molecule has 94 valence electrons. The van der Waals surface area contributed by atoms with Crippen molar-refractivity contribution in [2.45, 2.75) is 11.0 Å². The molecule has 1 aliphatic rings. The van der Waals surface area contributed by atoms with Crippen molar-refractivity contribution in [3.05, 3.63) is 29.6 Å². The zero-order chi connectivity index (χ0) is 12.5. The van der Waals surface area contributed by atoms with Crippen molar-refractivity contribution in [1.29, 1.82) is 0 Å². The fraction of sp³-hybridized carbons (Fsp3) is 0.455. The molecule has 1 fully saturated rings. The van der Waals surface area contributed by atoms with Gasteiger partial charge in [0, 0.05) is 19.3 Å². The molecule has 2 rings (SSSR count). The predicted molar refractivity (Wildman–Crippen MR) is 61.1 cm³/mol. The van der Waals surface area contributed by atoms with Crippen LogP contribution in [0.5, 0.6) is 0 Å². The fourth-order valence-electron chi connectivity index (χ4n) is 1.78. The first kappa shape index (κ1) is 12.5. The maximum Gasteiger partial charge on any atom is 0.178 e. The first-order chi connectivity index (χ1) is 7.98. The lowest BCUT2D eigenvalue weighted by Crippen LogP contribution is -2.33. The normalized spacial score (nSPS) is 21.4. The van der Waals surface area contributed by atoms with Crippen molar-refractivity contribution in [2.75, 3.05) is 26.0 Å². The van der Waals surface area contributed by atoms with Crippen molar-refractivity contribution >= 4 is 9.84 Å². The molecule has 1 atom stereocenters. The first-order valence-electron chi connectivity index (χ1n) is 5.30. The van der Waals surface area contributed by atoms with Gasteiger partial charge in [0.2, 0.25) is 0 Å². The number of benzene rings is 1. The molecule has 0 spiro atoms. The number of morpholine rings is 1. The lowest BCUT2D eigenvalue weighted by molar-refractivity contribution is 0.0275. The molecular formula is C11H14FNO3S. The minimum Gasteiger partial charge on any atom is -0.371 e. The number of ether oxygens (including phenoxy) is 1. The standard InChI is InChI=1S/C11H14FNO3S/c1-17(14,15)11-6-8(2-3-9(11)12)10-7-13-4-5-16-10/h2-3,6,10,13H,4-5,7H2,1H3. The van der Waals surface area contributed by atoms with Gasteiger partial charge >= 0.3 is 0 Å². The highest BCUT2D eigenvalue weighted by atomic mass is 32.2. The molecular weight excluding hydrogens is 245 g/mol.